The minimum Gasteiger partial charge on any atom is -0.315 e. The van der Waals surface area contributed by atoms with Crippen molar-refractivity contribution in [1.29, 1.82) is 0 Å². The highest BCUT2D eigenvalue weighted by Crippen LogP contribution is 2.21. The fraction of sp³-hybridized carbons (Fsp3) is 0.500. The highest BCUT2D eigenvalue weighted by atomic mass is 16.2. The van der Waals surface area contributed by atoms with Gasteiger partial charge in [0, 0.05) is 18.3 Å². The summed E-state index contributed by atoms with van der Waals surface area (Å²) >= 11 is 0. The number of amides is 1. The Morgan fingerprint density at radius 1 is 1.42 bits per heavy atom. The zero-order valence-corrected chi connectivity index (χ0v) is 7.12. The van der Waals surface area contributed by atoms with Gasteiger partial charge in [-0.1, -0.05) is 12.2 Å². The molecule has 12 heavy (non-hydrogen) atoms. The lowest BCUT2D eigenvalue weighted by Crippen LogP contribution is -2.24. The summed E-state index contributed by atoms with van der Waals surface area (Å²) in [5.74, 6) is 0.223. The third-order valence-corrected chi connectivity index (χ3v) is 2.40. The molecule has 1 aliphatic heterocycles. The van der Waals surface area contributed by atoms with E-state index in [1.165, 1.54) is 0 Å². The molecule has 1 heterocycles. The van der Waals surface area contributed by atoms with Crippen LogP contribution in [0.1, 0.15) is 25.7 Å². The van der Waals surface area contributed by atoms with Crippen molar-refractivity contribution in [2.75, 3.05) is 6.54 Å². The summed E-state index contributed by atoms with van der Waals surface area (Å²) in [5, 5.41) is 0. The standard InChI is InChI=1S/C10H13NO/c12-10(9-5-1-2-6-9)11-7-3-4-8-11/h3,5,7H,1-2,4,6,8H2. The average molecular weight is 163 g/mol. The molecule has 0 saturated carbocycles. The van der Waals surface area contributed by atoms with Crippen molar-refractivity contribution < 1.29 is 4.79 Å². The topological polar surface area (TPSA) is 20.3 Å². The molecule has 0 fully saturated rings. The van der Waals surface area contributed by atoms with E-state index in [1.54, 1.807) is 0 Å². The van der Waals surface area contributed by atoms with E-state index in [1.807, 2.05) is 17.2 Å². The van der Waals surface area contributed by atoms with Gasteiger partial charge in [-0.05, 0) is 25.7 Å². The van der Waals surface area contributed by atoms with E-state index in [9.17, 15) is 4.79 Å². The normalized spacial score (nSPS) is 21.7. The molecule has 1 amide bonds. The van der Waals surface area contributed by atoms with E-state index in [0.29, 0.717) is 0 Å². The van der Waals surface area contributed by atoms with Gasteiger partial charge in [0.25, 0.3) is 5.91 Å². The maximum Gasteiger partial charge on any atom is 0.253 e. The van der Waals surface area contributed by atoms with Crippen LogP contribution in [0.5, 0.6) is 0 Å². The van der Waals surface area contributed by atoms with Crippen LogP contribution in [-0.4, -0.2) is 17.4 Å². The molecule has 1 aliphatic carbocycles. The van der Waals surface area contributed by atoms with E-state index >= 15 is 0 Å². The van der Waals surface area contributed by atoms with Crippen molar-refractivity contribution in [2.24, 2.45) is 0 Å². The van der Waals surface area contributed by atoms with Crippen LogP contribution in [0.4, 0.5) is 0 Å². The number of nitrogens with zero attached hydrogens (tertiary/aromatic N) is 1. The molecule has 2 rings (SSSR count). The Hall–Kier alpha value is -1.05. The first-order valence-electron chi connectivity index (χ1n) is 4.54. The molecule has 0 bridgehead atoms. The molecule has 2 nitrogen and oxygen atoms in total. The minimum atomic E-state index is 0.223. The lowest BCUT2D eigenvalue weighted by molar-refractivity contribution is -0.124. The quantitative estimate of drug-likeness (QED) is 0.577. The molecule has 0 aromatic heterocycles. The number of hydrogen-bond donors (Lipinski definition) is 0. The maximum atomic E-state index is 11.7. The van der Waals surface area contributed by atoms with E-state index in [-0.39, 0.29) is 5.91 Å². The second kappa shape index (κ2) is 3.13. The molecule has 0 saturated heterocycles. The molecule has 0 radical (unpaired) electrons. The SMILES string of the molecule is O=C(C1=CCCC1)N1C=CCC1. The second-order valence-corrected chi connectivity index (χ2v) is 3.29. The highest BCUT2D eigenvalue weighted by molar-refractivity contribution is 5.94. The molecule has 0 aromatic carbocycles. The van der Waals surface area contributed by atoms with Crippen LogP contribution in [0, 0.1) is 0 Å². The van der Waals surface area contributed by atoms with Crippen LogP contribution >= 0.6 is 0 Å². The van der Waals surface area contributed by atoms with Crippen LogP contribution in [0.3, 0.4) is 0 Å². The summed E-state index contributed by atoms with van der Waals surface area (Å²) in [4.78, 5) is 13.5. The van der Waals surface area contributed by atoms with Crippen LogP contribution < -0.4 is 0 Å². The predicted molar refractivity (Wildman–Crippen MR) is 47.4 cm³/mol. The molecule has 0 atom stereocenters. The number of carbonyl (C=O) groups is 1. The van der Waals surface area contributed by atoms with Crippen molar-refractivity contribution in [2.45, 2.75) is 25.7 Å². The van der Waals surface area contributed by atoms with Crippen LogP contribution in [0.25, 0.3) is 0 Å². The van der Waals surface area contributed by atoms with Crippen molar-refractivity contribution in [3.63, 3.8) is 0 Å². The fourth-order valence-corrected chi connectivity index (χ4v) is 1.71. The summed E-state index contributed by atoms with van der Waals surface area (Å²) in [6, 6.07) is 0. The summed E-state index contributed by atoms with van der Waals surface area (Å²) in [6.45, 7) is 0.871. The van der Waals surface area contributed by atoms with Gasteiger partial charge in [-0.15, -0.1) is 0 Å². The van der Waals surface area contributed by atoms with Gasteiger partial charge in [0.15, 0.2) is 0 Å². The number of hydrogen-bond acceptors (Lipinski definition) is 1. The zero-order valence-electron chi connectivity index (χ0n) is 7.12. The first-order chi connectivity index (χ1) is 5.88. The van der Waals surface area contributed by atoms with Crippen LogP contribution in [-0.2, 0) is 4.79 Å². The van der Waals surface area contributed by atoms with Gasteiger partial charge in [0.1, 0.15) is 0 Å². The largest absolute Gasteiger partial charge is 0.315 e. The van der Waals surface area contributed by atoms with E-state index in [4.69, 9.17) is 0 Å². The second-order valence-electron chi connectivity index (χ2n) is 3.29. The maximum absolute atomic E-state index is 11.7. The summed E-state index contributed by atoms with van der Waals surface area (Å²) in [5.41, 5.74) is 1.02. The third-order valence-electron chi connectivity index (χ3n) is 2.40. The van der Waals surface area contributed by atoms with Crippen molar-refractivity contribution in [3.8, 4) is 0 Å². The zero-order chi connectivity index (χ0) is 8.39. The molecule has 0 aromatic rings. The Kier molecular flexibility index (Phi) is 1.98. The molecule has 0 N–H and O–H groups in total. The third kappa shape index (κ3) is 1.29. The summed E-state index contributed by atoms with van der Waals surface area (Å²) < 4.78 is 0. The highest BCUT2D eigenvalue weighted by Gasteiger charge is 2.19. The molecule has 2 aliphatic rings. The Balaban J connectivity index is 2.03. The van der Waals surface area contributed by atoms with Gasteiger partial charge in [-0.2, -0.15) is 0 Å². The molecule has 0 unspecified atom stereocenters. The Morgan fingerprint density at radius 2 is 2.33 bits per heavy atom. The smallest absolute Gasteiger partial charge is 0.253 e. The summed E-state index contributed by atoms with van der Waals surface area (Å²) in [7, 11) is 0. The van der Waals surface area contributed by atoms with Gasteiger partial charge in [-0.25, -0.2) is 0 Å². The van der Waals surface area contributed by atoms with Gasteiger partial charge in [0.05, 0.1) is 0 Å². The molecular weight excluding hydrogens is 150 g/mol. The Morgan fingerprint density at radius 3 is 2.92 bits per heavy atom. The number of rotatable bonds is 1. The van der Waals surface area contributed by atoms with Crippen LogP contribution in [0.15, 0.2) is 23.9 Å². The minimum absolute atomic E-state index is 0.223. The van der Waals surface area contributed by atoms with Crippen LogP contribution in [0.2, 0.25) is 0 Å². The van der Waals surface area contributed by atoms with Crippen molar-refractivity contribution in [1.82, 2.24) is 4.90 Å². The molecular formula is C10H13NO. The first kappa shape index (κ1) is 7.59. The van der Waals surface area contributed by atoms with Crippen molar-refractivity contribution in [3.05, 3.63) is 23.9 Å². The number of allylic oxidation sites excluding steroid dienone is 1. The Labute approximate surface area is 72.6 Å². The van der Waals surface area contributed by atoms with Gasteiger partial charge >= 0.3 is 0 Å². The Bertz CT molecular complexity index is 253. The molecule has 0 spiro atoms. The lowest BCUT2D eigenvalue weighted by Gasteiger charge is -2.13. The monoisotopic (exact) mass is 163 g/mol. The van der Waals surface area contributed by atoms with Gasteiger partial charge in [-0.3, -0.25) is 4.79 Å². The summed E-state index contributed by atoms with van der Waals surface area (Å²) in [6.07, 6.45) is 10.3. The fourth-order valence-electron chi connectivity index (χ4n) is 1.71. The van der Waals surface area contributed by atoms with E-state index in [0.717, 1.165) is 37.8 Å². The molecule has 64 valence electrons. The average Bonchev–Trinajstić information content (AvgIpc) is 2.77. The molecule has 2 heteroatoms. The van der Waals surface area contributed by atoms with Crippen molar-refractivity contribution >= 4 is 5.91 Å². The first-order valence-corrected chi connectivity index (χ1v) is 4.54. The van der Waals surface area contributed by atoms with E-state index < -0.39 is 0 Å². The predicted octanol–water partition coefficient (Wildman–Crippen LogP) is 1.84. The van der Waals surface area contributed by atoms with Gasteiger partial charge < -0.3 is 4.90 Å². The van der Waals surface area contributed by atoms with Gasteiger partial charge in [0.2, 0.25) is 0 Å². The van der Waals surface area contributed by atoms with E-state index in [2.05, 4.69) is 6.08 Å². The lowest BCUT2D eigenvalue weighted by atomic mass is 10.2. The number of carbonyl (C=O) groups excluding carboxylic acids is 1.